The van der Waals surface area contributed by atoms with Gasteiger partial charge in [-0.1, -0.05) is 56.7 Å². The fraction of sp³-hybridized carbons (Fsp3) is 0.345. The van der Waals surface area contributed by atoms with Gasteiger partial charge in [-0.2, -0.15) is 0 Å². The Labute approximate surface area is 211 Å². The predicted molar refractivity (Wildman–Crippen MR) is 151 cm³/mol. The number of hydrogen-bond donors (Lipinski definition) is 3. The summed E-state index contributed by atoms with van der Waals surface area (Å²) in [6.45, 7) is 13.4. The molecule has 2 aromatic carbocycles. The molecule has 6 heteroatoms. The molecular formula is C29H43N3O3. The number of rotatable bonds is 6. The third-order valence-electron chi connectivity index (χ3n) is 4.68. The summed E-state index contributed by atoms with van der Waals surface area (Å²) in [4.78, 5) is 8.05. The number of fused-ring (bicyclic) bond motifs is 3. The number of aliphatic hydroxyl groups is 1. The number of aromatic nitrogens is 2. The topological polar surface area (TPSA) is 79.4 Å². The molecule has 35 heavy (non-hydrogen) atoms. The Kier molecular flexibility index (Phi) is 13.8. The maximum Gasteiger partial charge on any atom is 0.143 e. The lowest BCUT2D eigenvalue weighted by atomic mass is 9.98. The van der Waals surface area contributed by atoms with Crippen LogP contribution < -0.4 is 10.1 Å². The van der Waals surface area contributed by atoms with Crippen LogP contribution in [-0.2, 0) is 4.74 Å². The van der Waals surface area contributed by atoms with Crippen LogP contribution in [0.25, 0.3) is 33.1 Å². The Hall–Kier alpha value is -3.35. The fourth-order valence-electron chi connectivity index (χ4n) is 3.46. The number of H-pyrrole nitrogens is 1. The Balaban J connectivity index is 0.00000122. The first kappa shape index (κ1) is 29.7. The maximum absolute atomic E-state index is 7.00. The van der Waals surface area contributed by atoms with Gasteiger partial charge in [0, 0.05) is 46.3 Å². The second-order valence-electron chi connectivity index (χ2n) is 7.89. The van der Waals surface area contributed by atoms with E-state index in [2.05, 4.69) is 90.7 Å². The standard InChI is InChI=1S/C23H23N3O.C3H8.C2H6O.CH4O.H2/c1-4-24-10-11-27-20-9-8-18(17-7-5-6-15(2)12-17)21-19-13-16(3)14-25-23(19)26-22(20)21;2*1-3-2;1-2;/h4-9,12-14,24H,1,10-11H2,2-3H3,(H,25,26);3H2,1-2H3;1-2H3;2H,1H3;1H. The van der Waals surface area contributed by atoms with Gasteiger partial charge in [-0.25, -0.2) is 4.98 Å². The van der Waals surface area contributed by atoms with E-state index in [1.807, 2.05) is 12.3 Å². The number of pyridine rings is 1. The van der Waals surface area contributed by atoms with Crippen molar-refractivity contribution < 1.29 is 16.0 Å². The number of ether oxygens (including phenoxy) is 2. The largest absolute Gasteiger partial charge is 0.490 e. The molecule has 4 aromatic rings. The number of aliphatic hydroxyl groups excluding tert-OH is 1. The highest BCUT2D eigenvalue weighted by molar-refractivity contribution is 6.15. The minimum atomic E-state index is 0. The average Bonchev–Trinajstić information content (AvgIpc) is 3.23. The molecule has 0 fully saturated rings. The molecule has 0 aliphatic heterocycles. The zero-order valence-electron chi connectivity index (χ0n) is 22.2. The van der Waals surface area contributed by atoms with Crippen LogP contribution in [0.3, 0.4) is 0 Å². The predicted octanol–water partition coefficient (Wildman–Crippen LogP) is 6.65. The number of benzene rings is 2. The van der Waals surface area contributed by atoms with Crippen LogP contribution in [0, 0.1) is 13.8 Å². The van der Waals surface area contributed by atoms with Crippen LogP contribution in [0.5, 0.6) is 5.75 Å². The molecule has 3 N–H and O–H groups in total. The number of methoxy groups -OCH3 is 1. The number of nitrogens with zero attached hydrogens (tertiary/aromatic N) is 1. The Morgan fingerprint density at radius 3 is 2.40 bits per heavy atom. The second-order valence-corrected chi connectivity index (χ2v) is 7.89. The first-order valence-corrected chi connectivity index (χ1v) is 11.8. The quantitative estimate of drug-likeness (QED) is 0.269. The van der Waals surface area contributed by atoms with E-state index in [4.69, 9.17) is 9.84 Å². The molecule has 4 rings (SSSR count). The molecule has 192 valence electrons. The van der Waals surface area contributed by atoms with E-state index in [1.165, 1.54) is 23.1 Å². The van der Waals surface area contributed by atoms with Crippen LogP contribution in [0.2, 0.25) is 0 Å². The summed E-state index contributed by atoms with van der Waals surface area (Å²) in [6, 6.07) is 14.9. The number of aryl methyl sites for hydroxylation is 2. The van der Waals surface area contributed by atoms with Gasteiger partial charge in [0.05, 0.1) is 5.52 Å². The maximum atomic E-state index is 7.00. The summed E-state index contributed by atoms with van der Waals surface area (Å²) >= 11 is 0. The van der Waals surface area contributed by atoms with E-state index in [0.717, 1.165) is 40.4 Å². The lowest BCUT2D eigenvalue weighted by Crippen LogP contribution is -2.15. The molecular weight excluding hydrogens is 438 g/mol. The Morgan fingerprint density at radius 2 is 1.77 bits per heavy atom. The summed E-state index contributed by atoms with van der Waals surface area (Å²) < 4.78 is 10.3. The Morgan fingerprint density at radius 1 is 1.09 bits per heavy atom. The molecule has 0 spiro atoms. The van der Waals surface area contributed by atoms with Gasteiger partial charge in [0.1, 0.15) is 18.0 Å². The molecule has 0 saturated carbocycles. The third kappa shape index (κ3) is 8.42. The molecule has 0 aliphatic rings. The Bertz CT molecular complexity index is 1170. The molecule has 0 aliphatic carbocycles. The minimum Gasteiger partial charge on any atom is -0.490 e. The van der Waals surface area contributed by atoms with Gasteiger partial charge < -0.3 is 24.9 Å². The monoisotopic (exact) mass is 481 g/mol. The average molecular weight is 482 g/mol. The van der Waals surface area contributed by atoms with Gasteiger partial charge in [0.15, 0.2) is 0 Å². The normalized spacial score (nSPS) is 9.71. The molecule has 0 radical (unpaired) electrons. The smallest absolute Gasteiger partial charge is 0.143 e. The SMILES string of the molecule is C=CNCCOc1ccc(-c2cccc(C)c2)c2c1[nH]c1ncc(C)cc12.CCC.CO.COC.[HH]. The van der Waals surface area contributed by atoms with Gasteiger partial charge in [0.2, 0.25) is 0 Å². The van der Waals surface area contributed by atoms with Crippen LogP contribution in [-0.4, -0.2) is 49.6 Å². The van der Waals surface area contributed by atoms with Crippen LogP contribution >= 0.6 is 0 Å². The van der Waals surface area contributed by atoms with Crippen molar-refractivity contribution in [2.45, 2.75) is 34.1 Å². The molecule has 0 saturated heterocycles. The molecule has 0 amide bonds. The molecule has 6 nitrogen and oxygen atoms in total. The molecule has 2 aromatic heterocycles. The van der Waals surface area contributed by atoms with Crippen molar-refractivity contribution in [3.05, 3.63) is 72.6 Å². The number of aromatic amines is 1. The van der Waals surface area contributed by atoms with Gasteiger partial charge in [-0.3, -0.25) is 0 Å². The van der Waals surface area contributed by atoms with E-state index in [0.29, 0.717) is 13.2 Å². The van der Waals surface area contributed by atoms with E-state index in [-0.39, 0.29) is 1.43 Å². The summed E-state index contributed by atoms with van der Waals surface area (Å²) in [5, 5.41) is 12.3. The molecule has 2 heterocycles. The highest BCUT2D eigenvalue weighted by Gasteiger charge is 2.15. The first-order valence-electron chi connectivity index (χ1n) is 11.8. The van der Waals surface area contributed by atoms with E-state index < -0.39 is 0 Å². The van der Waals surface area contributed by atoms with Crippen molar-refractivity contribution in [1.29, 1.82) is 0 Å². The van der Waals surface area contributed by atoms with Crippen molar-refractivity contribution in [2.75, 3.05) is 34.5 Å². The van der Waals surface area contributed by atoms with Gasteiger partial charge in [0.25, 0.3) is 0 Å². The van der Waals surface area contributed by atoms with Crippen molar-refractivity contribution >= 4 is 21.9 Å². The van der Waals surface area contributed by atoms with E-state index in [1.54, 1.807) is 20.4 Å². The number of nitrogens with one attached hydrogen (secondary N) is 2. The van der Waals surface area contributed by atoms with Gasteiger partial charge in [-0.15, -0.1) is 0 Å². The minimum absolute atomic E-state index is 0. The summed E-state index contributed by atoms with van der Waals surface area (Å²) in [6.07, 6.45) is 4.81. The van der Waals surface area contributed by atoms with E-state index in [9.17, 15) is 0 Å². The van der Waals surface area contributed by atoms with Crippen LogP contribution in [0.1, 0.15) is 32.8 Å². The summed E-state index contributed by atoms with van der Waals surface area (Å²) in [5.74, 6) is 0.836. The lowest BCUT2D eigenvalue weighted by molar-refractivity contribution is 0.277. The summed E-state index contributed by atoms with van der Waals surface area (Å²) in [5.41, 5.74) is 6.63. The van der Waals surface area contributed by atoms with E-state index >= 15 is 0 Å². The zero-order chi connectivity index (χ0) is 26.2. The lowest BCUT2D eigenvalue weighted by Gasteiger charge is -2.11. The highest BCUT2D eigenvalue weighted by Crippen LogP contribution is 2.39. The zero-order valence-corrected chi connectivity index (χ0v) is 22.2. The fourth-order valence-corrected chi connectivity index (χ4v) is 3.46. The molecule has 0 bridgehead atoms. The first-order chi connectivity index (χ1) is 17.0. The number of hydrogen-bond acceptors (Lipinski definition) is 5. The van der Waals surface area contributed by atoms with Crippen molar-refractivity contribution in [2.24, 2.45) is 0 Å². The highest BCUT2D eigenvalue weighted by atomic mass is 16.5. The van der Waals surface area contributed by atoms with Crippen molar-refractivity contribution in [1.82, 2.24) is 15.3 Å². The third-order valence-corrected chi connectivity index (χ3v) is 4.68. The van der Waals surface area contributed by atoms with Gasteiger partial charge >= 0.3 is 0 Å². The van der Waals surface area contributed by atoms with Crippen LogP contribution in [0.15, 0.2) is 61.4 Å². The van der Waals surface area contributed by atoms with Crippen molar-refractivity contribution in [3.63, 3.8) is 0 Å². The second kappa shape index (κ2) is 16.3. The van der Waals surface area contributed by atoms with Gasteiger partial charge in [-0.05, 0) is 54.9 Å². The van der Waals surface area contributed by atoms with Crippen molar-refractivity contribution in [3.8, 4) is 16.9 Å². The molecule has 0 unspecified atom stereocenters. The van der Waals surface area contributed by atoms with Crippen LogP contribution in [0.4, 0.5) is 0 Å². The molecule has 0 atom stereocenters. The summed E-state index contributed by atoms with van der Waals surface area (Å²) in [7, 11) is 4.25.